The van der Waals surface area contributed by atoms with E-state index in [0.29, 0.717) is 12.3 Å². The molecule has 1 heterocycles. The van der Waals surface area contributed by atoms with E-state index < -0.39 is 32.7 Å². The van der Waals surface area contributed by atoms with Gasteiger partial charge >= 0.3 is 6.09 Å². The summed E-state index contributed by atoms with van der Waals surface area (Å²) in [6.07, 6.45) is -0.832. The van der Waals surface area contributed by atoms with E-state index in [1.54, 1.807) is 31.4 Å². The molecular formula is C16H22N2O7S. The summed E-state index contributed by atoms with van der Waals surface area (Å²) < 4.78 is 32.4. The number of anilines is 1. The van der Waals surface area contributed by atoms with Crippen molar-refractivity contribution in [3.8, 4) is 0 Å². The summed E-state index contributed by atoms with van der Waals surface area (Å²) in [6.45, 7) is 1.71. The Hall–Kier alpha value is -2.17. The number of sulfone groups is 1. The second-order valence-corrected chi connectivity index (χ2v) is 8.81. The molecule has 2 rings (SSSR count). The topological polar surface area (TPSA) is 122 Å². The minimum absolute atomic E-state index is 0.0896. The van der Waals surface area contributed by atoms with Gasteiger partial charge in [0.25, 0.3) is 5.91 Å². The molecule has 1 aromatic carbocycles. The molecule has 1 fully saturated rings. The standard InChI is InChI=1S/C16H22N2O7S/c1-16(14(19)17-21,26(3,22)23)8-13-9-18(15(20)25-13)12-6-4-11(5-7-12)10-24-2/h4-7,13,21H,8-10H2,1-3H3,(H,17,19)/t13-,16+/m0/s1. The van der Waals surface area contributed by atoms with Gasteiger partial charge in [-0.25, -0.2) is 18.7 Å². The van der Waals surface area contributed by atoms with Crippen LogP contribution in [0.25, 0.3) is 0 Å². The molecular weight excluding hydrogens is 364 g/mol. The van der Waals surface area contributed by atoms with Gasteiger partial charge in [-0.15, -0.1) is 0 Å². The Kier molecular flexibility index (Phi) is 5.89. The fourth-order valence-corrected chi connectivity index (χ4v) is 3.61. The molecule has 1 aliphatic rings. The average Bonchev–Trinajstić information content (AvgIpc) is 2.94. The predicted octanol–water partition coefficient (Wildman–Crippen LogP) is 0.857. The van der Waals surface area contributed by atoms with E-state index in [1.165, 1.54) is 17.3 Å². The fourth-order valence-electron chi connectivity index (χ4n) is 2.74. The molecule has 0 spiro atoms. The number of benzene rings is 1. The molecule has 2 N–H and O–H groups in total. The summed E-state index contributed by atoms with van der Waals surface area (Å²) >= 11 is 0. The third-order valence-corrected chi connectivity index (χ3v) is 6.44. The van der Waals surface area contributed by atoms with Crippen molar-refractivity contribution < 1.29 is 32.7 Å². The Balaban J connectivity index is 2.17. The third kappa shape index (κ3) is 3.97. The maximum Gasteiger partial charge on any atom is 0.414 e. The molecule has 144 valence electrons. The lowest BCUT2D eigenvalue weighted by Crippen LogP contribution is -2.51. The molecule has 26 heavy (non-hydrogen) atoms. The molecule has 0 unspecified atom stereocenters. The smallest absolute Gasteiger partial charge is 0.414 e. The van der Waals surface area contributed by atoms with Crippen LogP contribution >= 0.6 is 0 Å². The Morgan fingerprint density at radius 1 is 1.42 bits per heavy atom. The molecule has 0 radical (unpaired) electrons. The largest absolute Gasteiger partial charge is 0.444 e. The van der Waals surface area contributed by atoms with Crippen molar-refractivity contribution >= 4 is 27.5 Å². The lowest BCUT2D eigenvalue weighted by molar-refractivity contribution is -0.132. The maximum absolute atomic E-state index is 12.2. The molecule has 2 amide bonds. The molecule has 0 aliphatic carbocycles. The van der Waals surface area contributed by atoms with E-state index in [-0.39, 0.29) is 13.0 Å². The van der Waals surface area contributed by atoms with Crippen LogP contribution in [0.4, 0.5) is 10.5 Å². The zero-order valence-corrected chi connectivity index (χ0v) is 15.6. The van der Waals surface area contributed by atoms with Gasteiger partial charge in [0.05, 0.1) is 13.2 Å². The average molecular weight is 386 g/mol. The van der Waals surface area contributed by atoms with Crippen LogP contribution in [0.5, 0.6) is 0 Å². The number of ether oxygens (including phenoxy) is 2. The number of carbonyl (C=O) groups excluding carboxylic acids is 2. The highest BCUT2D eigenvalue weighted by molar-refractivity contribution is 7.92. The van der Waals surface area contributed by atoms with Crippen molar-refractivity contribution in [2.75, 3.05) is 24.8 Å². The first-order chi connectivity index (χ1) is 12.1. The quantitative estimate of drug-likeness (QED) is 0.526. The minimum atomic E-state index is -3.87. The molecule has 0 saturated carbocycles. The van der Waals surface area contributed by atoms with Crippen molar-refractivity contribution in [2.24, 2.45) is 0 Å². The van der Waals surface area contributed by atoms with Crippen molar-refractivity contribution in [1.82, 2.24) is 5.48 Å². The molecule has 1 saturated heterocycles. The lowest BCUT2D eigenvalue weighted by Gasteiger charge is -2.26. The molecule has 10 heteroatoms. The Labute approximate surface area is 151 Å². The number of cyclic esters (lactones) is 1. The molecule has 1 aliphatic heterocycles. The number of rotatable bonds is 7. The highest BCUT2D eigenvalue weighted by Gasteiger charge is 2.48. The van der Waals surface area contributed by atoms with E-state index in [1.807, 2.05) is 0 Å². The first kappa shape index (κ1) is 20.1. The Morgan fingerprint density at radius 2 is 2.04 bits per heavy atom. The van der Waals surface area contributed by atoms with Gasteiger partial charge in [0.2, 0.25) is 0 Å². The first-order valence-electron chi connectivity index (χ1n) is 7.82. The van der Waals surface area contributed by atoms with Gasteiger partial charge in [0.15, 0.2) is 14.6 Å². The Bertz CT molecular complexity index is 778. The van der Waals surface area contributed by atoms with Crippen LogP contribution in [0.15, 0.2) is 24.3 Å². The van der Waals surface area contributed by atoms with Gasteiger partial charge in [-0.2, -0.15) is 0 Å². The van der Waals surface area contributed by atoms with Gasteiger partial charge in [-0.1, -0.05) is 12.1 Å². The summed E-state index contributed by atoms with van der Waals surface area (Å²) in [5.74, 6) is -1.07. The van der Waals surface area contributed by atoms with Crippen LogP contribution in [0.3, 0.4) is 0 Å². The van der Waals surface area contributed by atoms with Crippen LogP contribution < -0.4 is 10.4 Å². The minimum Gasteiger partial charge on any atom is -0.444 e. The maximum atomic E-state index is 12.2. The summed E-state index contributed by atoms with van der Waals surface area (Å²) in [4.78, 5) is 25.4. The van der Waals surface area contributed by atoms with Gasteiger partial charge in [-0.3, -0.25) is 14.9 Å². The highest BCUT2D eigenvalue weighted by Crippen LogP contribution is 2.30. The second kappa shape index (κ2) is 7.60. The molecule has 0 bridgehead atoms. The number of methoxy groups -OCH3 is 1. The van der Waals surface area contributed by atoms with Gasteiger partial charge in [-0.05, 0) is 24.6 Å². The van der Waals surface area contributed by atoms with E-state index in [9.17, 15) is 18.0 Å². The lowest BCUT2D eigenvalue weighted by atomic mass is 10.0. The normalized spacial score (nSPS) is 19.8. The van der Waals surface area contributed by atoms with Crippen molar-refractivity contribution in [3.63, 3.8) is 0 Å². The van der Waals surface area contributed by atoms with Crippen LogP contribution in [0.2, 0.25) is 0 Å². The highest BCUT2D eigenvalue weighted by atomic mass is 32.2. The fraction of sp³-hybridized carbons (Fsp3) is 0.500. The summed E-state index contributed by atoms with van der Waals surface area (Å²) in [7, 11) is -2.29. The SMILES string of the molecule is COCc1ccc(N2C[C@H](C[C@](C)(C(=O)NO)S(C)(=O)=O)OC2=O)cc1. The van der Waals surface area contributed by atoms with Crippen LogP contribution in [0.1, 0.15) is 18.9 Å². The summed E-state index contributed by atoms with van der Waals surface area (Å²) in [6, 6.07) is 7.07. The Morgan fingerprint density at radius 3 is 2.54 bits per heavy atom. The van der Waals surface area contributed by atoms with E-state index in [0.717, 1.165) is 11.8 Å². The van der Waals surface area contributed by atoms with Crippen molar-refractivity contribution in [2.45, 2.75) is 30.8 Å². The zero-order chi connectivity index (χ0) is 19.5. The summed E-state index contributed by atoms with van der Waals surface area (Å²) in [5, 5.41) is 8.87. The van der Waals surface area contributed by atoms with Crippen LogP contribution in [-0.4, -0.2) is 56.4 Å². The molecule has 0 aromatic heterocycles. The number of carbonyl (C=O) groups is 2. The molecule has 1 aromatic rings. The van der Waals surface area contributed by atoms with Crippen molar-refractivity contribution in [1.29, 1.82) is 0 Å². The van der Waals surface area contributed by atoms with Crippen LogP contribution in [0, 0.1) is 0 Å². The van der Waals surface area contributed by atoms with Gasteiger partial charge in [0, 0.05) is 25.5 Å². The number of hydrogen-bond acceptors (Lipinski definition) is 7. The number of hydrogen-bond donors (Lipinski definition) is 2. The molecule has 2 atom stereocenters. The van der Waals surface area contributed by atoms with Gasteiger partial charge < -0.3 is 9.47 Å². The number of nitrogens with one attached hydrogen (secondary N) is 1. The van der Waals surface area contributed by atoms with E-state index in [4.69, 9.17) is 14.7 Å². The number of hydroxylamine groups is 1. The number of nitrogens with zero attached hydrogens (tertiary/aromatic N) is 1. The van der Waals surface area contributed by atoms with Crippen LogP contribution in [-0.2, 0) is 30.7 Å². The van der Waals surface area contributed by atoms with E-state index >= 15 is 0 Å². The van der Waals surface area contributed by atoms with E-state index in [2.05, 4.69) is 0 Å². The monoisotopic (exact) mass is 386 g/mol. The zero-order valence-electron chi connectivity index (χ0n) is 14.8. The summed E-state index contributed by atoms with van der Waals surface area (Å²) in [5.41, 5.74) is 2.90. The second-order valence-electron chi connectivity index (χ2n) is 6.36. The van der Waals surface area contributed by atoms with Gasteiger partial charge in [0.1, 0.15) is 6.10 Å². The number of amides is 2. The van der Waals surface area contributed by atoms with Crippen molar-refractivity contribution in [3.05, 3.63) is 29.8 Å². The predicted molar refractivity (Wildman–Crippen MR) is 92.6 cm³/mol. The first-order valence-corrected chi connectivity index (χ1v) is 9.71. The third-order valence-electron chi connectivity index (χ3n) is 4.45. The molecule has 9 nitrogen and oxygen atoms in total.